The lowest BCUT2D eigenvalue weighted by Crippen LogP contribution is -2.51. The fraction of sp³-hybridized carbons (Fsp3) is 0.407. The van der Waals surface area contributed by atoms with Crippen LogP contribution in [-0.2, 0) is 17.1 Å². The minimum atomic E-state index is -3.71. The topological polar surface area (TPSA) is 94.3 Å². The molecule has 0 radical (unpaired) electrons. The summed E-state index contributed by atoms with van der Waals surface area (Å²) in [5, 5.41) is 15.5. The summed E-state index contributed by atoms with van der Waals surface area (Å²) in [5.74, 6) is 0.0982. The molecule has 0 spiro atoms. The van der Waals surface area contributed by atoms with Crippen molar-refractivity contribution in [3.8, 4) is 0 Å². The first-order valence-corrected chi connectivity index (χ1v) is 13.9. The van der Waals surface area contributed by atoms with E-state index in [9.17, 15) is 12.8 Å². The van der Waals surface area contributed by atoms with Crippen molar-refractivity contribution in [3.05, 3.63) is 70.8 Å². The molecule has 1 aliphatic rings. The van der Waals surface area contributed by atoms with Crippen LogP contribution in [-0.4, -0.2) is 59.8 Å². The Morgan fingerprint density at radius 1 is 1.19 bits per heavy atom. The Morgan fingerprint density at radius 3 is 2.49 bits per heavy atom. The molecule has 37 heavy (non-hydrogen) atoms. The maximum Gasteiger partial charge on any atom is 0.246 e. The number of hydrogen-bond acceptors (Lipinski definition) is 6. The van der Waals surface area contributed by atoms with Gasteiger partial charge in [0.15, 0.2) is 0 Å². The summed E-state index contributed by atoms with van der Waals surface area (Å²) in [6.07, 6.45) is 2.71. The van der Waals surface area contributed by atoms with Gasteiger partial charge in [0.1, 0.15) is 10.7 Å². The highest BCUT2D eigenvalue weighted by molar-refractivity contribution is 7.89. The maximum absolute atomic E-state index is 13.6. The second kappa shape index (κ2) is 10.7. The first-order chi connectivity index (χ1) is 17.5. The Balaban J connectivity index is 1.70. The van der Waals surface area contributed by atoms with Crippen LogP contribution in [0.1, 0.15) is 42.3 Å². The molecular formula is C27H35FN6O2S. The van der Waals surface area contributed by atoms with Gasteiger partial charge in [0.2, 0.25) is 10.0 Å². The lowest BCUT2D eigenvalue weighted by molar-refractivity contribution is 0.105. The zero-order valence-corrected chi connectivity index (χ0v) is 22.8. The van der Waals surface area contributed by atoms with Crippen LogP contribution in [0.4, 0.5) is 15.8 Å². The van der Waals surface area contributed by atoms with Gasteiger partial charge in [-0.1, -0.05) is 13.8 Å². The molecule has 198 valence electrons. The maximum atomic E-state index is 13.6. The zero-order chi connectivity index (χ0) is 26.9. The third-order valence-corrected chi connectivity index (χ3v) is 8.91. The van der Waals surface area contributed by atoms with Crippen molar-refractivity contribution in [3.63, 3.8) is 0 Å². The first-order valence-electron chi connectivity index (χ1n) is 12.4. The van der Waals surface area contributed by atoms with Crippen LogP contribution in [0, 0.1) is 31.0 Å². The number of aromatic nitrogens is 2. The number of halogens is 1. The van der Waals surface area contributed by atoms with Gasteiger partial charge < -0.3 is 10.7 Å². The molecule has 0 unspecified atom stereocenters. The van der Waals surface area contributed by atoms with E-state index in [1.807, 2.05) is 19.1 Å². The van der Waals surface area contributed by atoms with Crippen molar-refractivity contribution in [2.24, 2.45) is 13.0 Å². The van der Waals surface area contributed by atoms with Crippen LogP contribution < -0.4 is 5.32 Å². The minimum absolute atomic E-state index is 0.165. The second-order valence-electron chi connectivity index (χ2n) is 10.1. The molecule has 10 heteroatoms. The summed E-state index contributed by atoms with van der Waals surface area (Å²) in [5.41, 5.74) is 4.74. The van der Waals surface area contributed by atoms with Crippen LogP contribution >= 0.6 is 0 Å². The summed E-state index contributed by atoms with van der Waals surface area (Å²) in [6, 6.07) is 9.86. The number of benzene rings is 2. The zero-order valence-electron chi connectivity index (χ0n) is 22.0. The monoisotopic (exact) mass is 526 g/mol. The molecule has 8 nitrogen and oxygen atoms in total. The van der Waals surface area contributed by atoms with E-state index in [0.29, 0.717) is 36.8 Å². The second-order valence-corrected chi connectivity index (χ2v) is 12.0. The molecule has 2 N–H and O–H groups in total. The predicted octanol–water partition coefficient (Wildman–Crippen LogP) is 4.62. The quantitative estimate of drug-likeness (QED) is 0.418. The van der Waals surface area contributed by atoms with E-state index in [2.05, 4.69) is 29.2 Å². The summed E-state index contributed by atoms with van der Waals surface area (Å²) in [4.78, 5) is 2.58. The van der Waals surface area contributed by atoms with Gasteiger partial charge in [-0.3, -0.25) is 9.58 Å². The predicted molar refractivity (Wildman–Crippen MR) is 145 cm³/mol. The van der Waals surface area contributed by atoms with Crippen molar-refractivity contribution < 1.29 is 12.8 Å². The smallest absolute Gasteiger partial charge is 0.246 e. The van der Waals surface area contributed by atoms with Gasteiger partial charge in [0.25, 0.3) is 0 Å². The SMILES string of the molecule is Cc1cc(Nc2ccc(F)cc2)c(C=N)cc1[C@@H]1CN(S(=O)(=O)c2cnn(C)c2C)CCN1CC(C)C. The average molecular weight is 527 g/mol. The molecule has 4 rings (SSSR count). The lowest BCUT2D eigenvalue weighted by Gasteiger charge is -2.42. The molecule has 0 aliphatic carbocycles. The largest absolute Gasteiger partial charge is 0.355 e. The Bertz CT molecular complexity index is 1380. The number of nitrogens with zero attached hydrogens (tertiary/aromatic N) is 4. The van der Waals surface area contributed by atoms with Gasteiger partial charge >= 0.3 is 0 Å². The van der Waals surface area contributed by atoms with E-state index < -0.39 is 10.0 Å². The van der Waals surface area contributed by atoms with Crippen LogP contribution in [0.15, 0.2) is 47.5 Å². The van der Waals surface area contributed by atoms with Gasteiger partial charge in [-0.05, 0) is 67.3 Å². The van der Waals surface area contributed by atoms with Crippen LogP contribution in [0.3, 0.4) is 0 Å². The highest BCUT2D eigenvalue weighted by Crippen LogP contribution is 2.34. The number of piperazine rings is 1. The first kappa shape index (κ1) is 27.0. The summed E-state index contributed by atoms with van der Waals surface area (Å²) in [7, 11) is -1.97. The van der Waals surface area contributed by atoms with E-state index in [0.717, 1.165) is 29.0 Å². The number of anilines is 2. The van der Waals surface area contributed by atoms with E-state index >= 15 is 0 Å². The van der Waals surface area contributed by atoms with Crippen molar-refractivity contribution in [2.75, 3.05) is 31.5 Å². The van der Waals surface area contributed by atoms with Gasteiger partial charge in [0.05, 0.1) is 11.9 Å². The molecule has 1 aliphatic heterocycles. The van der Waals surface area contributed by atoms with Crippen LogP contribution in [0.2, 0.25) is 0 Å². The molecular weight excluding hydrogens is 491 g/mol. The molecule has 0 bridgehead atoms. The fourth-order valence-electron chi connectivity index (χ4n) is 4.88. The molecule has 2 heterocycles. The Labute approximate surface area is 218 Å². The van der Waals surface area contributed by atoms with Crippen molar-refractivity contribution >= 4 is 27.6 Å². The van der Waals surface area contributed by atoms with E-state index in [4.69, 9.17) is 5.41 Å². The van der Waals surface area contributed by atoms with Crippen LogP contribution in [0.25, 0.3) is 0 Å². The van der Waals surface area contributed by atoms with Crippen molar-refractivity contribution in [1.29, 1.82) is 5.41 Å². The van der Waals surface area contributed by atoms with Gasteiger partial charge in [-0.25, -0.2) is 12.8 Å². The average Bonchev–Trinajstić information content (AvgIpc) is 3.19. The Hall–Kier alpha value is -3.08. The third kappa shape index (κ3) is 5.61. The Kier molecular flexibility index (Phi) is 7.82. The molecule has 1 fully saturated rings. The van der Waals surface area contributed by atoms with Crippen LogP contribution in [0.5, 0.6) is 0 Å². The third-order valence-electron chi connectivity index (χ3n) is 6.94. The van der Waals surface area contributed by atoms with Crippen molar-refractivity contribution in [1.82, 2.24) is 19.0 Å². The Morgan fingerprint density at radius 2 is 1.89 bits per heavy atom. The van der Waals surface area contributed by atoms with Gasteiger partial charge in [-0.15, -0.1) is 0 Å². The highest BCUT2D eigenvalue weighted by Gasteiger charge is 2.37. The lowest BCUT2D eigenvalue weighted by atomic mass is 9.94. The normalized spacial score (nSPS) is 17.3. The molecule has 3 aromatic rings. The molecule has 1 atom stereocenters. The standard InChI is InChI=1S/C27H35FN6O2S/c1-18(2)16-33-10-11-34(37(35,36)27-15-30-32(5)20(27)4)17-26(33)24-13-21(14-29)25(12-19(24)3)31-23-8-6-22(28)7-9-23/h6-9,12-15,18,26,29,31H,10-11,16-17H2,1-5H3/t26-/m0/s1. The van der Waals surface area contributed by atoms with Crippen molar-refractivity contribution in [2.45, 2.75) is 38.6 Å². The van der Waals surface area contributed by atoms with Gasteiger partial charge in [-0.2, -0.15) is 9.40 Å². The molecule has 1 saturated heterocycles. The number of nitrogens with one attached hydrogen (secondary N) is 2. The van der Waals surface area contributed by atoms with E-state index in [-0.39, 0.29) is 16.8 Å². The number of aryl methyl sites for hydroxylation is 2. The van der Waals surface area contributed by atoms with E-state index in [1.165, 1.54) is 24.5 Å². The summed E-state index contributed by atoms with van der Waals surface area (Å²) < 4.78 is 43.7. The molecule has 2 aromatic carbocycles. The molecule has 1 aromatic heterocycles. The number of hydrogen-bond donors (Lipinski definition) is 2. The summed E-state index contributed by atoms with van der Waals surface area (Å²) >= 11 is 0. The molecule has 0 amide bonds. The number of rotatable bonds is 8. The van der Waals surface area contributed by atoms with E-state index in [1.54, 1.807) is 35.1 Å². The number of sulfonamides is 1. The fourth-order valence-corrected chi connectivity index (χ4v) is 6.51. The molecule has 0 saturated carbocycles. The summed E-state index contributed by atoms with van der Waals surface area (Å²) in [6.45, 7) is 10.2. The highest BCUT2D eigenvalue weighted by atomic mass is 32.2. The minimum Gasteiger partial charge on any atom is -0.355 e. The van der Waals surface area contributed by atoms with Gasteiger partial charge in [0, 0.05) is 62.4 Å².